The van der Waals surface area contributed by atoms with Crippen LogP contribution in [0.25, 0.3) is 0 Å². The van der Waals surface area contributed by atoms with E-state index in [2.05, 4.69) is 59.4 Å². The molecule has 1 unspecified atom stereocenters. The number of hydrogen-bond donors (Lipinski definition) is 1. The molecule has 0 fully saturated rings. The van der Waals surface area contributed by atoms with E-state index in [0.717, 1.165) is 22.5 Å². The van der Waals surface area contributed by atoms with Gasteiger partial charge in [-0.1, -0.05) is 58.7 Å². The van der Waals surface area contributed by atoms with E-state index >= 15 is 0 Å². The van der Waals surface area contributed by atoms with Gasteiger partial charge < -0.3 is 5.32 Å². The molecule has 0 saturated carbocycles. The third kappa shape index (κ3) is 4.08. The average molecular weight is 353 g/mol. The van der Waals surface area contributed by atoms with Gasteiger partial charge in [-0.3, -0.25) is 0 Å². The molecule has 2 aromatic carbocycles. The van der Waals surface area contributed by atoms with Crippen molar-refractivity contribution in [1.82, 2.24) is 5.32 Å². The summed E-state index contributed by atoms with van der Waals surface area (Å²) in [5.74, 6) is 0. The topological polar surface area (TPSA) is 12.0 Å². The lowest BCUT2D eigenvalue weighted by Crippen LogP contribution is -2.20. The Labute approximate surface area is 134 Å². The second-order valence-corrected chi connectivity index (χ2v) is 6.27. The Bertz CT molecular complexity index is 583. The first-order valence-corrected chi connectivity index (χ1v) is 8.01. The van der Waals surface area contributed by atoms with Gasteiger partial charge in [0.15, 0.2) is 0 Å². The molecule has 1 N–H and O–H groups in total. The summed E-state index contributed by atoms with van der Waals surface area (Å²) in [5.41, 5.74) is 3.81. The van der Waals surface area contributed by atoms with Crippen LogP contribution in [0.2, 0.25) is 5.02 Å². The zero-order valence-corrected chi connectivity index (χ0v) is 14.1. The van der Waals surface area contributed by atoms with Crippen molar-refractivity contribution in [2.75, 3.05) is 0 Å². The number of hydrogen-bond acceptors (Lipinski definition) is 1. The first kappa shape index (κ1) is 15.6. The van der Waals surface area contributed by atoms with Crippen LogP contribution in [0.3, 0.4) is 0 Å². The molecule has 20 heavy (non-hydrogen) atoms. The Morgan fingerprint density at radius 1 is 1.20 bits per heavy atom. The quantitative estimate of drug-likeness (QED) is 0.733. The molecule has 0 radical (unpaired) electrons. The molecule has 3 heteroatoms. The fourth-order valence-electron chi connectivity index (χ4n) is 2.28. The smallest absolute Gasteiger partial charge is 0.0409 e. The molecule has 2 aromatic rings. The third-order valence-electron chi connectivity index (χ3n) is 3.43. The Kier molecular flexibility index (Phi) is 5.64. The molecule has 0 aliphatic rings. The van der Waals surface area contributed by atoms with Crippen LogP contribution in [0.5, 0.6) is 0 Å². The van der Waals surface area contributed by atoms with E-state index < -0.39 is 0 Å². The van der Waals surface area contributed by atoms with Crippen molar-refractivity contribution in [1.29, 1.82) is 0 Å². The maximum absolute atomic E-state index is 6.07. The number of aryl methyl sites for hydroxylation is 1. The maximum Gasteiger partial charge on any atom is 0.0409 e. The van der Waals surface area contributed by atoms with E-state index in [1.54, 1.807) is 0 Å². The summed E-state index contributed by atoms with van der Waals surface area (Å²) in [4.78, 5) is 0. The number of halogens is 2. The highest BCUT2D eigenvalue weighted by Gasteiger charge is 2.09. The molecular weight excluding hydrogens is 334 g/mol. The van der Waals surface area contributed by atoms with Gasteiger partial charge in [0.1, 0.15) is 0 Å². The largest absolute Gasteiger partial charge is 0.306 e. The average Bonchev–Trinajstić information content (AvgIpc) is 2.43. The van der Waals surface area contributed by atoms with E-state index in [-0.39, 0.29) is 0 Å². The van der Waals surface area contributed by atoms with Gasteiger partial charge in [0.25, 0.3) is 0 Å². The van der Waals surface area contributed by atoms with E-state index in [1.807, 2.05) is 18.2 Å². The molecule has 0 aromatic heterocycles. The maximum atomic E-state index is 6.07. The van der Waals surface area contributed by atoms with Crippen molar-refractivity contribution in [3.05, 3.63) is 68.7 Å². The minimum Gasteiger partial charge on any atom is -0.306 e. The molecule has 0 aliphatic carbocycles. The lowest BCUT2D eigenvalue weighted by Gasteiger charge is -2.18. The zero-order chi connectivity index (χ0) is 14.5. The zero-order valence-electron chi connectivity index (χ0n) is 11.8. The van der Waals surface area contributed by atoms with Crippen molar-refractivity contribution in [3.63, 3.8) is 0 Å². The molecule has 0 saturated heterocycles. The van der Waals surface area contributed by atoms with E-state index in [9.17, 15) is 0 Å². The second-order valence-electron chi connectivity index (χ2n) is 4.98. The van der Waals surface area contributed by atoms with Gasteiger partial charge in [-0.15, -0.1) is 0 Å². The SMILES string of the molecule is CCC(NCc1ccc(Br)c(C)c1)c1cccc(Cl)c1. The van der Waals surface area contributed by atoms with Crippen LogP contribution in [0.1, 0.15) is 36.1 Å². The van der Waals surface area contributed by atoms with Crippen LogP contribution < -0.4 is 5.32 Å². The van der Waals surface area contributed by atoms with Gasteiger partial charge in [-0.05, 0) is 48.2 Å². The molecule has 0 spiro atoms. The van der Waals surface area contributed by atoms with E-state index in [4.69, 9.17) is 11.6 Å². The van der Waals surface area contributed by atoms with Gasteiger partial charge >= 0.3 is 0 Å². The van der Waals surface area contributed by atoms with Crippen molar-refractivity contribution >= 4 is 27.5 Å². The Hall–Kier alpha value is -0.830. The number of nitrogens with one attached hydrogen (secondary N) is 1. The number of rotatable bonds is 5. The molecule has 1 nitrogen and oxygen atoms in total. The van der Waals surface area contributed by atoms with Gasteiger partial charge in [-0.2, -0.15) is 0 Å². The van der Waals surface area contributed by atoms with Crippen LogP contribution in [0.15, 0.2) is 46.9 Å². The first-order valence-electron chi connectivity index (χ1n) is 6.84. The molecule has 0 amide bonds. The Morgan fingerprint density at radius 2 is 2.00 bits per heavy atom. The Balaban J connectivity index is 2.05. The van der Waals surface area contributed by atoms with Crippen molar-refractivity contribution in [2.45, 2.75) is 32.9 Å². The summed E-state index contributed by atoms with van der Waals surface area (Å²) in [5, 5.41) is 4.40. The minimum absolute atomic E-state index is 0.331. The highest BCUT2D eigenvalue weighted by Crippen LogP contribution is 2.22. The molecule has 1 atom stereocenters. The Morgan fingerprint density at radius 3 is 2.65 bits per heavy atom. The lowest BCUT2D eigenvalue weighted by atomic mass is 10.0. The number of benzene rings is 2. The summed E-state index contributed by atoms with van der Waals surface area (Å²) >= 11 is 9.60. The molecule has 0 aliphatic heterocycles. The molecular formula is C17H19BrClN. The van der Waals surface area contributed by atoms with Crippen molar-refractivity contribution < 1.29 is 0 Å². The predicted octanol–water partition coefficient (Wildman–Crippen LogP) is 5.65. The second kappa shape index (κ2) is 7.26. The van der Waals surface area contributed by atoms with Crippen LogP contribution >= 0.6 is 27.5 Å². The summed E-state index contributed by atoms with van der Waals surface area (Å²) in [6, 6.07) is 14.9. The lowest BCUT2D eigenvalue weighted by molar-refractivity contribution is 0.519. The first-order chi connectivity index (χ1) is 9.60. The summed E-state index contributed by atoms with van der Waals surface area (Å²) in [7, 11) is 0. The van der Waals surface area contributed by atoms with Crippen LogP contribution in [-0.4, -0.2) is 0 Å². The monoisotopic (exact) mass is 351 g/mol. The van der Waals surface area contributed by atoms with Crippen molar-refractivity contribution in [3.8, 4) is 0 Å². The molecule has 2 rings (SSSR count). The van der Waals surface area contributed by atoms with Crippen LogP contribution in [-0.2, 0) is 6.54 Å². The molecule has 0 heterocycles. The summed E-state index contributed by atoms with van der Waals surface area (Å²) in [6.45, 7) is 5.16. The summed E-state index contributed by atoms with van der Waals surface area (Å²) < 4.78 is 1.16. The normalized spacial score (nSPS) is 12.4. The molecule has 0 bridgehead atoms. The van der Waals surface area contributed by atoms with Gasteiger partial charge in [0, 0.05) is 22.1 Å². The highest BCUT2D eigenvalue weighted by atomic mass is 79.9. The predicted molar refractivity (Wildman–Crippen MR) is 90.2 cm³/mol. The fourth-order valence-corrected chi connectivity index (χ4v) is 2.72. The van der Waals surface area contributed by atoms with Gasteiger partial charge in [-0.25, -0.2) is 0 Å². The highest BCUT2D eigenvalue weighted by molar-refractivity contribution is 9.10. The summed E-state index contributed by atoms with van der Waals surface area (Å²) in [6.07, 6.45) is 1.04. The fraction of sp³-hybridized carbons (Fsp3) is 0.294. The van der Waals surface area contributed by atoms with Crippen LogP contribution in [0.4, 0.5) is 0 Å². The third-order valence-corrected chi connectivity index (χ3v) is 4.56. The van der Waals surface area contributed by atoms with E-state index in [1.165, 1.54) is 16.7 Å². The molecule has 106 valence electrons. The van der Waals surface area contributed by atoms with Crippen LogP contribution in [0, 0.1) is 6.92 Å². The van der Waals surface area contributed by atoms with E-state index in [0.29, 0.717) is 6.04 Å². The minimum atomic E-state index is 0.331. The van der Waals surface area contributed by atoms with Crippen molar-refractivity contribution in [2.24, 2.45) is 0 Å². The standard InChI is InChI=1S/C17H19BrClN/c1-3-17(14-5-4-6-15(19)10-14)20-11-13-7-8-16(18)12(2)9-13/h4-10,17,20H,3,11H2,1-2H3. The van der Waals surface area contributed by atoms with Gasteiger partial charge in [0.2, 0.25) is 0 Å². The van der Waals surface area contributed by atoms with Gasteiger partial charge in [0.05, 0.1) is 0 Å².